The van der Waals surface area contributed by atoms with Crippen LogP contribution in [0.2, 0.25) is 0 Å². The van der Waals surface area contributed by atoms with Crippen LogP contribution in [0.4, 0.5) is 20.6 Å². The van der Waals surface area contributed by atoms with Crippen molar-refractivity contribution in [3.05, 3.63) is 60.0 Å². The number of fused-ring (bicyclic) bond motifs is 2. The summed E-state index contributed by atoms with van der Waals surface area (Å²) in [6, 6.07) is 12.1. The van der Waals surface area contributed by atoms with Gasteiger partial charge in [-0.15, -0.1) is 11.8 Å². The molecule has 1 fully saturated rings. The van der Waals surface area contributed by atoms with E-state index >= 15 is 0 Å². The molecule has 1 unspecified atom stereocenters. The number of amides is 2. The average molecular weight is 467 g/mol. The molecular weight excluding hydrogens is 443 g/mol. The molecule has 5 rings (SSSR count). The molecule has 170 valence electrons. The van der Waals surface area contributed by atoms with Gasteiger partial charge in [-0.3, -0.25) is 14.7 Å². The molecule has 3 heterocycles. The number of rotatable bonds is 7. The lowest BCUT2D eigenvalue weighted by atomic mass is 10.1. The molecule has 0 aliphatic carbocycles. The fourth-order valence-corrected chi connectivity index (χ4v) is 4.92. The van der Waals surface area contributed by atoms with Crippen molar-refractivity contribution >= 4 is 46.0 Å². The largest absolute Gasteiger partial charge is 0.444 e. The van der Waals surface area contributed by atoms with Crippen LogP contribution in [0.25, 0.3) is 10.9 Å². The maximum Gasteiger partial charge on any atom is 0.414 e. The molecule has 2 N–H and O–H groups in total. The lowest BCUT2D eigenvalue weighted by molar-refractivity contribution is -0.113. The third kappa shape index (κ3) is 4.79. The number of thioether (sulfide) groups is 1. The molecule has 3 aromatic rings. The van der Waals surface area contributed by atoms with Crippen LogP contribution in [0.5, 0.6) is 0 Å². The molecule has 33 heavy (non-hydrogen) atoms. The topological polar surface area (TPSA) is 83.6 Å². The van der Waals surface area contributed by atoms with Crippen LogP contribution >= 0.6 is 11.8 Å². The monoisotopic (exact) mass is 466 g/mol. The standard InChI is InChI=1S/C24H23FN4O3S/c25-16-3-5-20-19(10-16)15(7-9-27-20)12-26-8-1-2-18-13-29(24(31)32-18)17-4-6-22-21(11-17)28-23(30)14-33-22/h3-7,9-11,18,26H,1-2,8,12-14H2,(H,28,30). The van der Waals surface area contributed by atoms with E-state index in [4.69, 9.17) is 4.74 Å². The Morgan fingerprint density at radius 1 is 1.21 bits per heavy atom. The van der Waals surface area contributed by atoms with Crippen LogP contribution in [0.1, 0.15) is 18.4 Å². The van der Waals surface area contributed by atoms with E-state index in [1.807, 2.05) is 24.3 Å². The SMILES string of the molecule is O=C1CSc2ccc(N3CC(CCCNCc4ccnc5ccc(F)cc45)OC3=O)cc2N1. The number of anilines is 2. The van der Waals surface area contributed by atoms with E-state index in [0.717, 1.165) is 52.1 Å². The minimum absolute atomic E-state index is 0.0380. The summed E-state index contributed by atoms with van der Waals surface area (Å²) >= 11 is 1.49. The molecule has 2 aliphatic rings. The highest BCUT2D eigenvalue weighted by atomic mass is 32.2. The molecule has 0 saturated carbocycles. The van der Waals surface area contributed by atoms with Crippen LogP contribution in [-0.4, -0.2) is 41.9 Å². The first-order valence-corrected chi connectivity index (χ1v) is 11.8. The number of halogens is 1. The molecule has 2 aliphatic heterocycles. The summed E-state index contributed by atoms with van der Waals surface area (Å²) in [5.41, 5.74) is 3.22. The van der Waals surface area contributed by atoms with Crippen molar-refractivity contribution in [3.63, 3.8) is 0 Å². The van der Waals surface area contributed by atoms with Gasteiger partial charge >= 0.3 is 6.09 Å². The number of pyridine rings is 1. The molecule has 0 bridgehead atoms. The second-order valence-corrected chi connectivity index (χ2v) is 9.10. The van der Waals surface area contributed by atoms with Crippen LogP contribution in [-0.2, 0) is 16.1 Å². The maximum atomic E-state index is 13.6. The van der Waals surface area contributed by atoms with Crippen molar-refractivity contribution < 1.29 is 18.7 Å². The third-order valence-corrected chi connectivity index (χ3v) is 6.84. The average Bonchev–Trinajstić information content (AvgIpc) is 3.18. The van der Waals surface area contributed by atoms with E-state index in [9.17, 15) is 14.0 Å². The number of aromatic nitrogens is 1. The van der Waals surface area contributed by atoms with Crippen molar-refractivity contribution in [2.24, 2.45) is 0 Å². The minimum Gasteiger partial charge on any atom is -0.444 e. The summed E-state index contributed by atoms with van der Waals surface area (Å²) in [4.78, 5) is 30.9. The highest BCUT2D eigenvalue weighted by molar-refractivity contribution is 8.00. The summed E-state index contributed by atoms with van der Waals surface area (Å²) in [5, 5.41) is 7.05. The zero-order valence-corrected chi connectivity index (χ0v) is 18.7. The van der Waals surface area contributed by atoms with Crippen molar-refractivity contribution in [2.75, 3.05) is 29.1 Å². The Balaban J connectivity index is 1.12. The van der Waals surface area contributed by atoms with Crippen LogP contribution in [0.3, 0.4) is 0 Å². The van der Waals surface area contributed by atoms with Gasteiger partial charge in [0.2, 0.25) is 5.91 Å². The van der Waals surface area contributed by atoms with Gasteiger partial charge in [0.1, 0.15) is 11.9 Å². The molecular formula is C24H23FN4O3S. The van der Waals surface area contributed by atoms with Gasteiger partial charge < -0.3 is 15.4 Å². The fourth-order valence-electron chi connectivity index (χ4n) is 4.13. The highest BCUT2D eigenvalue weighted by Gasteiger charge is 2.32. The molecule has 0 spiro atoms. The van der Waals surface area contributed by atoms with Crippen LogP contribution in [0.15, 0.2) is 53.6 Å². The van der Waals surface area contributed by atoms with Gasteiger partial charge in [-0.25, -0.2) is 9.18 Å². The second kappa shape index (κ2) is 9.36. The van der Waals surface area contributed by atoms with E-state index < -0.39 is 0 Å². The van der Waals surface area contributed by atoms with Crippen molar-refractivity contribution in [3.8, 4) is 0 Å². The number of hydrogen-bond acceptors (Lipinski definition) is 6. The van der Waals surface area contributed by atoms with Gasteiger partial charge in [-0.05, 0) is 67.4 Å². The number of nitrogens with one attached hydrogen (secondary N) is 2. The number of cyclic esters (lactones) is 1. The van der Waals surface area contributed by atoms with Gasteiger partial charge in [0, 0.05) is 28.7 Å². The van der Waals surface area contributed by atoms with Crippen molar-refractivity contribution in [1.82, 2.24) is 10.3 Å². The first-order chi connectivity index (χ1) is 16.1. The molecule has 7 nitrogen and oxygen atoms in total. The molecule has 9 heteroatoms. The summed E-state index contributed by atoms with van der Waals surface area (Å²) in [6.07, 6.45) is 2.75. The molecule has 1 atom stereocenters. The Morgan fingerprint density at radius 3 is 3.03 bits per heavy atom. The van der Waals surface area contributed by atoms with Gasteiger partial charge in [-0.1, -0.05) is 0 Å². The lowest BCUT2D eigenvalue weighted by Crippen LogP contribution is -2.25. The number of carbonyl (C=O) groups is 2. The van der Waals surface area contributed by atoms with Gasteiger partial charge in [0.25, 0.3) is 0 Å². The normalized spacial score (nSPS) is 17.7. The summed E-state index contributed by atoms with van der Waals surface area (Å²) < 4.78 is 19.2. The second-order valence-electron chi connectivity index (χ2n) is 8.08. The molecule has 2 amide bonds. The maximum absolute atomic E-state index is 13.6. The highest BCUT2D eigenvalue weighted by Crippen LogP contribution is 2.35. The van der Waals surface area contributed by atoms with E-state index in [0.29, 0.717) is 18.8 Å². The Bertz CT molecular complexity index is 1220. The van der Waals surface area contributed by atoms with Crippen molar-refractivity contribution in [2.45, 2.75) is 30.4 Å². The zero-order chi connectivity index (χ0) is 22.8. The van der Waals surface area contributed by atoms with E-state index in [1.54, 1.807) is 17.2 Å². The fraction of sp³-hybridized carbons (Fsp3) is 0.292. The number of ether oxygens (including phenoxy) is 1. The zero-order valence-electron chi connectivity index (χ0n) is 17.8. The Morgan fingerprint density at radius 2 is 2.12 bits per heavy atom. The molecule has 0 radical (unpaired) electrons. The molecule has 1 saturated heterocycles. The summed E-state index contributed by atoms with van der Waals surface area (Å²) in [7, 11) is 0. The Hall–Kier alpha value is -3.17. The number of hydrogen-bond donors (Lipinski definition) is 2. The van der Waals surface area contributed by atoms with E-state index in [2.05, 4.69) is 15.6 Å². The van der Waals surface area contributed by atoms with Gasteiger partial charge in [-0.2, -0.15) is 0 Å². The Labute approximate surface area is 194 Å². The van der Waals surface area contributed by atoms with Crippen LogP contribution in [0, 0.1) is 5.82 Å². The molecule has 1 aromatic heterocycles. The van der Waals surface area contributed by atoms with Gasteiger partial charge in [0.15, 0.2) is 0 Å². The predicted molar refractivity (Wildman–Crippen MR) is 126 cm³/mol. The van der Waals surface area contributed by atoms with E-state index in [-0.39, 0.29) is 23.9 Å². The van der Waals surface area contributed by atoms with Crippen LogP contribution < -0.4 is 15.5 Å². The number of nitrogens with zero attached hydrogens (tertiary/aromatic N) is 2. The Kier molecular flexibility index (Phi) is 6.15. The van der Waals surface area contributed by atoms with E-state index in [1.165, 1.54) is 23.9 Å². The number of benzene rings is 2. The third-order valence-electron chi connectivity index (χ3n) is 5.77. The minimum atomic E-state index is -0.368. The summed E-state index contributed by atoms with van der Waals surface area (Å²) in [5.74, 6) is 0.0935. The number of carbonyl (C=O) groups excluding carboxylic acids is 2. The summed E-state index contributed by atoms with van der Waals surface area (Å²) in [6.45, 7) is 1.83. The first-order valence-electron chi connectivity index (χ1n) is 10.9. The quantitative estimate of drug-likeness (QED) is 0.505. The van der Waals surface area contributed by atoms with Crippen molar-refractivity contribution in [1.29, 1.82) is 0 Å². The van der Waals surface area contributed by atoms with Gasteiger partial charge in [0.05, 0.1) is 23.5 Å². The lowest BCUT2D eigenvalue weighted by Gasteiger charge is -2.20. The predicted octanol–water partition coefficient (Wildman–Crippen LogP) is 4.31. The first kappa shape index (κ1) is 21.7. The molecule has 2 aromatic carbocycles. The smallest absolute Gasteiger partial charge is 0.414 e.